The first-order chi connectivity index (χ1) is 14.3. The summed E-state index contributed by atoms with van der Waals surface area (Å²) in [5.74, 6) is 1.80. The molecule has 5 nitrogen and oxygen atoms in total. The number of hydrogen-bond acceptors (Lipinski definition) is 5. The van der Waals surface area contributed by atoms with Gasteiger partial charge in [0.05, 0.1) is 12.4 Å². The highest BCUT2D eigenvalue weighted by Crippen LogP contribution is 2.24. The maximum atomic E-state index is 12.3. The number of nitrogens with one attached hydrogen (secondary N) is 1. The normalized spacial score (nSPS) is 14.6. The van der Waals surface area contributed by atoms with E-state index in [-0.39, 0.29) is 11.9 Å². The lowest BCUT2D eigenvalue weighted by molar-refractivity contribution is 0.0931. The van der Waals surface area contributed by atoms with E-state index >= 15 is 0 Å². The van der Waals surface area contributed by atoms with E-state index in [1.807, 2.05) is 48.8 Å². The van der Waals surface area contributed by atoms with Crippen LogP contribution < -0.4 is 10.2 Å². The third-order valence-corrected chi connectivity index (χ3v) is 5.99. The van der Waals surface area contributed by atoms with Crippen LogP contribution in [0.4, 0.5) is 5.82 Å². The summed E-state index contributed by atoms with van der Waals surface area (Å²) in [6.07, 6.45) is 5.46. The summed E-state index contributed by atoms with van der Waals surface area (Å²) in [6, 6.07) is 20.0. The number of amides is 1. The van der Waals surface area contributed by atoms with E-state index in [4.69, 9.17) is 4.98 Å². The first-order valence-corrected chi connectivity index (χ1v) is 10.9. The molecular weight excluding hydrogens is 380 g/mol. The second-order valence-corrected chi connectivity index (χ2v) is 8.09. The van der Waals surface area contributed by atoms with Gasteiger partial charge in [0.15, 0.2) is 0 Å². The number of anilines is 1. The molecule has 2 aromatic carbocycles. The summed E-state index contributed by atoms with van der Waals surface area (Å²) in [5.41, 5.74) is 1.99. The summed E-state index contributed by atoms with van der Waals surface area (Å²) >= 11 is 1.70. The van der Waals surface area contributed by atoms with Gasteiger partial charge in [-0.15, -0.1) is 11.8 Å². The Labute approximate surface area is 175 Å². The van der Waals surface area contributed by atoms with Crippen LogP contribution in [0.2, 0.25) is 0 Å². The van der Waals surface area contributed by atoms with Crippen LogP contribution in [0.5, 0.6) is 0 Å². The van der Waals surface area contributed by atoms with Crippen molar-refractivity contribution >= 4 is 23.5 Å². The van der Waals surface area contributed by atoms with Crippen LogP contribution in [0.25, 0.3) is 0 Å². The predicted molar refractivity (Wildman–Crippen MR) is 117 cm³/mol. The molecule has 0 bridgehead atoms. The molecule has 1 aliphatic rings. The maximum Gasteiger partial charge on any atom is 0.251 e. The lowest BCUT2D eigenvalue weighted by Crippen LogP contribution is -2.45. The number of carbonyl (C=O) groups excluding carboxylic acids is 1. The SMILES string of the molecule is O=C(NC1CCN(c2cncc(SCc3ccccc3)n2)CC1)c1ccccc1. The maximum absolute atomic E-state index is 12.3. The van der Waals surface area contributed by atoms with Gasteiger partial charge >= 0.3 is 0 Å². The lowest BCUT2D eigenvalue weighted by atomic mass is 10.0. The minimum atomic E-state index is 0.00292. The molecule has 6 heteroatoms. The Balaban J connectivity index is 1.30. The van der Waals surface area contributed by atoms with Crippen LogP contribution in [-0.2, 0) is 5.75 Å². The van der Waals surface area contributed by atoms with Crippen LogP contribution in [0.1, 0.15) is 28.8 Å². The highest BCUT2D eigenvalue weighted by Gasteiger charge is 2.22. The van der Waals surface area contributed by atoms with Crippen molar-refractivity contribution in [1.82, 2.24) is 15.3 Å². The van der Waals surface area contributed by atoms with E-state index in [0.29, 0.717) is 5.56 Å². The summed E-state index contributed by atoms with van der Waals surface area (Å²) in [7, 11) is 0. The lowest BCUT2D eigenvalue weighted by Gasteiger charge is -2.33. The molecule has 3 aromatic rings. The van der Waals surface area contributed by atoms with Gasteiger partial charge in [-0.25, -0.2) is 4.98 Å². The molecule has 2 heterocycles. The van der Waals surface area contributed by atoms with Crippen LogP contribution in [0.15, 0.2) is 78.1 Å². The number of nitrogens with zero attached hydrogens (tertiary/aromatic N) is 3. The minimum Gasteiger partial charge on any atom is -0.355 e. The fraction of sp³-hybridized carbons (Fsp3) is 0.261. The zero-order chi connectivity index (χ0) is 19.9. The number of hydrogen-bond donors (Lipinski definition) is 1. The molecule has 1 aromatic heterocycles. The average molecular weight is 405 g/mol. The molecule has 0 atom stereocenters. The van der Waals surface area contributed by atoms with Crippen molar-refractivity contribution in [3.05, 3.63) is 84.2 Å². The largest absolute Gasteiger partial charge is 0.355 e. The van der Waals surface area contributed by atoms with Crippen molar-refractivity contribution in [3.63, 3.8) is 0 Å². The predicted octanol–water partition coefficient (Wildman–Crippen LogP) is 4.17. The molecule has 0 saturated carbocycles. The quantitative estimate of drug-likeness (QED) is 0.625. The molecule has 1 saturated heterocycles. The zero-order valence-corrected chi connectivity index (χ0v) is 17.0. The minimum absolute atomic E-state index is 0.00292. The Bertz CT molecular complexity index is 928. The van der Waals surface area contributed by atoms with Gasteiger partial charge in [0, 0.05) is 30.4 Å². The van der Waals surface area contributed by atoms with E-state index in [1.165, 1.54) is 5.56 Å². The van der Waals surface area contributed by atoms with Gasteiger partial charge < -0.3 is 10.2 Å². The Morgan fingerprint density at radius 2 is 1.69 bits per heavy atom. The molecule has 0 unspecified atom stereocenters. The fourth-order valence-electron chi connectivity index (χ4n) is 3.40. The fourth-order valence-corrected chi connectivity index (χ4v) is 4.20. The summed E-state index contributed by atoms with van der Waals surface area (Å²) < 4.78 is 0. The first-order valence-electron chi connectivity index (χ1n) is 9.87. The van der Waals surface area contributed by atoms with Gasteiger partial charge in [0.25, 0.3) is 5.91 Å². The van der Waals surface area contributed by atoms with Crippen molar-refractivity contribution < 1.29 is 4.79 Å². The van der Waals surface area contributed by atoms with Gasteiger partial charge in [-0.3, -0.25) is 9.78 Å². The van der Waals surface area contributed by atoms with Crippen LogP contribution in [-0.4, -0.2) is 35.0 Å². The molecule has 1 fully saturated rings. The molecular formula is C23H24N4OS. The molecule has 1 N–H and O–H groups in total. The molecule has 1 amide bonds. The second kappa shape index (κ2) is 9.56. The van der Waals surface area contributed by atoms with Gasteiger partial charge in [-0.2, -0.15) is 0 Å². The van der Waals surface area contributed by atoms with E-state index in [0.717, 1.165) is 42.5 Å². The van der Waals surface area contributed by atoms with Crippen molar-refractivity contribution in [2.75, 3.05) is 18.0 Å². The van der Waals surface area contributed by atoms with Crippen molar-refractivity contribution in [2.45, 2.75) is 29.7 Å². The first kappa shape index (κ1) is 19.5. The summed E-state index contributed by atoms with van der Waals surface area (Å²) in [5, 5.41) is 4.09. The topological polar surface area (TPSA) is 58.1 Å². The molecule has 29 heavy (non-hydrogen) atoms. The molecule has 0 aliphatic carbocycles. The Kier molecular flexibility index (Phi) is 6.42. The number of benzene rings is 2. The Morgan fingerprint density at radius 1 is 1.00 bits per heavy atom. The third kappa shape index (κ3) is 5.35. The summed E-state index contributed by atoms with van der Waals surface area (Å²) in [6.45, 7) is 1.72. The number of rotatable bonds is 6. The second-order valence-electron chi connectivity index (χ2n) is 7.09. The van der Waals surface area contributed by atoms with Crippen LogP contribution >= 0.6 is 11.8 Å². The van der Waals surface area contributed by atoms with E-state index in [9.17, 15) is 4.79 Å². The monoisotopic (exact) mass is 404 g/mol. The van der Waals surface area contributed by atoms with Gasteiger partial charge in [0.2, 0.25) is 0 Å². The van der Waals surface area contributed by atoms with Crippen molar-refractivity contribution in [1.29, 1.82) is 0 Å². The Hall–Kier alpha value is -2.86. The van der Waals surface area contributed by atoms with Crippen molar-refractivity contribution in [2.24, 2.45) is 0 Å². The molecule has 0 spiro atoms. The van der Waals surface area contributed by atoms with E-state index in [1.54, 1.807) is 11.8 Å². The van der Waals surface area contributed by atoms with Crippen molar-refractivity contribution in [3.8, 4) is 0 Å². The van der Waals surface area contributed by atoms with E-state index in [2.05, 4.69) is 39.5 Å². The van der Waals surface area contributed by atoms with Gasteiger partial charge in [0.1, 0.15) is 10.8 Å². The number of thioether (sulfide) groups is 1. The number of carbonyl (C=O) groups is 1. The van der Waals surface area contributed by atoms with Gasteiger partial charge in [-0.1, -0.05) is 48.5 Å². The Morgan fingerprint density at radius 3 is 2.41 bits per heavy atom. The number of aromatic nitrogens is 2. The third-order valence-electron chi connectivity index (χ3n) is 5.02. The highest BCUT2D eigenvalue weighted by atomic mass is 32.2. The number of piperidine rings is 1. The van der Waals surface area contributed by atoms with Gasteiger partial charge in [-0.05, 0) is 30.5 Å². The molecule has 148 valence electrons. The smallest absolute Gasteiger partial charge is 0.251 e. The molecule has 4 rings (SSSR count). The molecule has 0 radical (unpaired) electrons. The van der Waals surface area contributed by atoms with E-state index < -0.39 is 0 Å². The van der Waals surface area contributed by atoms with Crippen LogP contribution in [0, 0.1) is 0 Å². The summed E-state index contributed by atoms with van der Waals surface area (Å²) in [4.78, 5) is 23.8. The molecule has 1 aliphatic heterocycles. The highest BCUT2D eigenvalue weighted by molar-refractivity contribution is 7.98. The van der Waals surface area contributed by atoms with Crippen LogP contribution in [0.3, 0.4) is 0 Å². The zero-order valence-electron chi connectivity index (χ0n) is 16.2. The standard InChI is InChI=1S/C23H24N4OS/c28-23(19-9-5-2-6-10-19)25-20-11-13-27(14-12-20)21-15-24-16-22(26-21)29-17-18-7-3-1-4-8-18/h1-10,15-16,20H,11-14,17H2,(H,25,28). The average Bonchev–Trinajstić information content (AvgIpc) is 2.80.